The molecular weight excluding hydrogens is 426 g/mol. The SMILES string of the molecule is COc1ccc(-c2nc(SCc3cc(=O)oc4cc(C)c(C(C)C)cc34)n[nH]2)c(OC)c1. The predicted octanol–water partition coefficient (Wildman–Crippen LogP) is 5.32. The molecule has 0 amide bonds. The van der Waals surface area contributed by atoms with Gasteiger partial charge < -0.3 is 13.9 Å². The van der Waals surface area contributed by atoms with Crippen molar-refractivity contribution in [1.82, 2.24) is 15.2 Å². The van der Waals surface area contributed by atoms with Crippen molar-refractivity contribution in [1.29, 1.82) is 0 Å². The summed E-state index contributed by atoms with van der Waals surface area (Å²) >= 11 is 1.45. The van der Waals surface area contributed by atoms with Gasteiger partial charge in [-0.05, 0) is 53.8 Å². The van der Waals surface area contributed by atoms with Crippen LogP contribution in [0.2, 0.25) is 0 Å². The van der Waals surface area contributed by atoms with E-state index in [0.717, 1.165) is 22.1 Å². The van der Waals surface area contributed by atoms with Gasteiger partial charge in [0.2, 0.25) is 5.16 Å². The van der Waals surface area contributed by atoms with E-state index >= 15 is 0 Å². The van der Waals surface area contributed by atoms with Crippen LogP contribution in [0.25, 0.3) is 22.4 Å². The lowest BCUT2D eigenvalue weighted by molar-refractivity contribution is 0.395. The maximum Gasteiger partial charge on any atom is 0.336 e. The number of methoxy groups -OCH3 is 2. The minimum atomic E-state index is -0.358. The second-order valence-electron chi connectivity index (χ2n) is 7.77. The molecule has 0 atom stereocenters. The highest BCUT2D eigenvalue weighted by molar-refractivity contribution is 7.98. The highest BCUT2D eigenvalue weighted by Crippen LogP contribution is 2.33. The molecule has 32 heavy (non-hydrogen) atoms. The summed E-state index contributed by atoms with van der Waals surface area (Å²) in [6, 6.07) is 11.1. The third-order valence-corrected chi connectivity index (χ3v) is 6.22. The molecule has 4 rings (SSSR count). The van der Waals surface area contributed by atoms with Crippen LogP contribution in [0.4, 0.5) is 0 Å². The average molecular weight is 452 g/mol. The molecule has 8 heteroatoms. The molecule has 0 radical (unpaired) electrons. The van der Waals surface area contributed by atoms with Crippen LogP contribution in [0.5, 0.6) is 11.5 Å². The van der Waals surface area contributed by atoms with Crippen LogP contribution in [0, 0.1) is 6.92 Å². The monoisotopic (exact) mass is 451 g/mol. The summed E-state index contributed by atoms with van der Waals surface area (Å²) in [5.41, 5.74) is 4.29. The first-order chi connectivity index (χ1) is 15.4. The fourth-order valence-electron chi connectivity index (χ4n) is 3.70. The molecule has 0 aliphatic heterocycles. The van der Waals surface area contributed by atoms with Crippen molar-refractivity contribution in [2.24, 2.45) is 0 Å². The standard InChI is InChI=1S/C24H25N3O4S/c1-13(2)18-11-19-15(9-22(28)31-21(19)8-14(18)3)12-32-24-25-23(26-27-24)17-7-6-16(29-4)10-20(17)30-5/h6-11,13H,12H2,1-5H3,(H,25,26,27). The lowest BCUT2D eigenvalue weighted by Gasteiger charge is -2.12. The molecule has 0 unspecified atom stereocenters. The highest BCUT2D eigenvalue weighted by Gasteiger charge is 2.15. The van der Waals surface area contributed by atoms with Crippen molar-refractivity contribution < 1.29 is 13.9 Å². The molecular formula is C24H25N3O4S. The Morgan fingerprint density at radius 1 is 1.12 bits per heavy atom. The van der Waals surface area contributed by atoms with Gasteiger partial charge in [0.15, 0.2) is 5.82 Å². The topological polar surface area (TPSA) is 90.2 Å². The number of nitrogens with one attached hydrogen (secondary N) is 1. The first-order valence-electron chi connectivity index (χ1n) is 10.2. The number of rotatable bonds is 7. The molecule has 0 saturated carbocycles. The maximum absolute atomic E-state index is 12.1. The molecule has 2 heterocycles. The number of nitrogens with zero attached hydrogens (tertiary/aromatic N) is 2. The number of benzene rings is 2. The number of thioether (sulfide) groups is 1. The van der Waals surface area contributed by atoms with Crippen molar-refractivity contribution in [3.63, 3.8) is 0 Å². The fraction of sp³-hybridized carbons (Fsp3) is 0.292. The Morgan fingerprint density at radius 3 is 2.66 bits per heavy atom. The minimum absolute atomic E-state index is 0.358. The Labute approximate surface area is 190 Å². The molecule has 0 fully saturated rings. The van der Waals surface area contributed by atoms with Crippen LogP contribution >= 0.6 is 11.8 Å². The molecule has 0 spiro atoms. The van der Waals surface area contributed by atoms with Gasteiger partial charge in [-0.1, -0.05) is 25.6 Å². The van der Waals surface area contributed by atoms with Gasteiger partial charge in [-0.15, -0.1) is 5.10 Å². The van der Waals surface area contributed by atoms with Gasteiger partial charge >= 0.3 is 5.63 Å². The number of aryl methyl sites for hydroxylation is 1. The van der Waals surface area contributed by atoms with Crippen LogP contribution in [0.1, 0.15) is 36.5 Å². The number of H-pyrrole nitrogens is 1. The summed E-state index contributed by atoms with van der Waals surface area (Å²) < 4.78 is 16.2. The first-order valence-corrected chi connectivity index (χ1v) is 11.2. The lowest BCUT2D eigenvalue weighted by Crippen LogP contribution is -2.02. The van der Waals surface area contributed by atoms with Crippen molar-refractivity contribution >= 4 is 22.7 Å². The second kappa shape index (κ2) is 9.08. The van der Waals surface area contributed by atoms with E-state index in [1.807, 2.05) is 25.1 Å². The number of aromatic amines is 1. The number of ether oxygens (including phenoxy) is 2. The third-order valence-electron chi connectivity index (χ3n) is 5.32. The molecule has 166 valence electrons. The van der Waals surface area contributed by atoms with E-state index in [1.54, 1.807) is 26.4 Å². The first kappa shape index (κ1) is 22.0. The predicted molar refractivity (Wildman–Crippen MR) is 126 cm³/mol. The summed E-state index contributed by atoms with van der Waals surface area (Å²) in [4.78, 5) is 16.7. The molecule has 7 nitrogen and oxygen atoms in total. The van der Waals surface area contributed by atoms with Crippen molar-refractivity contribution in [2.45, 2.75) is 37.6 Å². The van der Waals surface area contributed by atoms with E-state index in [2.05, 4.69) is 35.1 Å². The Bertz CT molecular complexity index is 1330. The Morgan fingerprint density at radius 2 is 1.94 bits per heavy atom. The van der Waals surface area contributed by atoms with Crippen LogP contribution in [0.15, 0.2) is 50.8 Å². The normalized spacial score (nSPS) is 11.3. The van der Waals surface area contributed by atoms with E-state index in [9.17, 15) is 4.79 Å². The third kappa shape index (κ3) is 4.36. The lowest BCUT2D eigenvalue weighted by atomic mass is 9.95. The molecule has 2 aromatic heterocycles. The molecule has 2 aromatic carbocycles. The summed E-state index contributed by atoms with van der Waals surface area (Å²) in [5, 5.41) is 8.82. The fourth-order valence-corrected chi connectivity index (χ4v) is 4.49. The van der Waals surface area contributed by atoms with E-state index < -0.39 is 0 Å². The van der Waals surface area contributed by atoms with Crippen molar-refractivity contribution in [3.8, 4) is 22.9 Å². The number of fused-ring (bicyclic) bond motifs is 1. The van der Waals surface area contributed by atoms with E-state index in [-0.39, 0.29) is 5.63 Å². The number of hydrogen-bond donors (Lipinski definition) is 1. The second-order valence-corrected chi connectivity index (χ2v) is 8.71. The van der Waals surface area contributed by atoms with Gasteiger partial charge in [0, 0.05) is 23.3 Å². The van der Waals surface area contributed by atoms with Gasteiger partial charge in [-0.3, -0.25) is 5.10 Å². The summed E-state index contributed by atoms with van der Waals surface area (Å²) in [6.45, 7) is 6.35. The zero-order chi connectivity index (χ0) is 22.8. The quantitative estimate of drug-likeness (QED) is 0.300. The Hall–Kier alpha value is -3.26. The number of hydrogen-bond acceptors (Lipinski definition) is 7. The minimum Gasteiger partial charge on any atom is -0.497 e. The van der Waals surface area contributed by atoms with Gasteiger partial charge in [0.1, 0.15) is 17.1 Å². The Balaban J connectivity index is 1.62. The molecule has 0 aliphatic carbocycles. The van der Waals surface area contributed by atoms with E-state index in [1.165, 1.54) is 17.3 Å². The summed E-state index contributed by atoms with van der Waals surface area (Å²) in [5.74, 6) is 2.86. The van der Waals surface area contributed by atoms with Gasteiger partial charge in [-0.2, -0.15) is 0 Å². The maximum atomic E-state index is 12.1. The van der Waals surface area contributed by atoms with Gasteiger partial charge in [0.25, 0.3) is 0 Å². The average Bonchev–Trinajstić information content (AvgIpc) is 3.25. The smallest absolute Gasteiger partial charge is 0.336 e. The summed E-state index contributed by atoms with van der Waals surface area (Å²) in [6.07, 6.45) is 0. The molecule has 0 bridgehead atoms. The largest absolute Gasteiger partial charge is 0.497 e. The zero-order valence-electron chi connectivity index (χ0n) is 18.7. The van der Waals surface area contributed by atoms with Gasteiger partial charge in [0.05, 0.1) is 19.8 Å². The highest BCUT2D eigenvalue weighted by atomic mass is 32.2. The van der Waals surface area contributed by atoms with E-state index in [4.69, 9.17) is 13.9 Å². The van der Waals surface area contributed by atoms with Crippen LogP contribution in [-0.4, -0.2) is 29.4 Å². The summed E-state index contributed by atoms with van der Waals surface area (Å²) in [7, 11) is 3.21. The van der Waals surface area contributed by atoms with Crippen LogP contribution in [-0.2, 0) is 5.75 Å². The zero-order valence-corrected chi connectivity index (χ0v) is 19.5. The van der Waals surface area contributed by atoms with E-state index in [0.29, 0.717) is 39.7 Å². The molecule has 4 aromatic rings. The van der Waals surface area contributed by atoms with Crippen molar-refractivity contribution in [2.75, 3.05) is 14.2 Å². The van der Waals surface area contributed by atoms with Crippen LogP contribution in [0.3, 0.4) is 0 Å². The molecule has 1 N–H and O–H groups in total. The molecule has 0 saturated heterocycles. The number of aromatic nitrogens is 3. The van der Waals surface area contributed by atoms with Crippen LogP contribution < -0.4 is 15.1 Å². The van der Waals surface area contributed by atoms with Gasteiger partial charge in [-0.25, -0.2) is 9.78 Å². The van der Waals surface area contributed by atoms with Crippen molar-refractivity contribution in [3.05, 3.63) is 63.5 Å². The Kier molecular flexibility index (Phi) is 6.23. The molecule has 0 aliphatic rings.